The molecule has 23 heteroatoms. The molecule has 0 spiro atoms. The van der Waals surface area contributed by atoms with Crippen LogP contribution in [0.2, 0.25) is 0 Å². The minimum Gasteiger partial charge on any atom is -0.848 e. The summed E-state index contributed by atoms with van der Waals surface area (Å²) < 4.78 is 51.4. The van der Waals surface area contributed by atoms with E-state index in [1.807, 2.05) is 0 Å². The molecule has 0 aliphatic carbocycles. The number of nitrogens with two attached hydrogens (primary N) is 1. The molecule has 2 aromatic rings. The minimum atomic E-state index is -5.75. The molecule has 6 atom stereocenters. The summed E-state index contributed by atoms with van der Waals surface area (Å²) >= 11 is 0. The van der Waals surface area contributed by atoms with Crippen molar-refractivity contribution in [2.75, 3.05) is 12.3 Å². The Morgan fingerprint density at radius 3 is 2.45 bits per heavy atom. The Morgan fingerprint density at radius 1 is 1.21 bits per heavy atom. The van der Waals surface area contributed by atoms with Crippen LogP contribution in [0.1, 0.15) is 6.23 Å². The fraction of sp³-hybridized carbons (Fsp3) is 0.500. The number of aliphatic hydroxyl groups is 1. The average molecular weight is 545 g/mol. The van der Waals surface area contributed by atoms with Crippen molar-refractivity contribution in [3.8, 4) is 0 Å². The standard InChI is InChI=1S/C10H15N5O14P3.Na/c11-10-13-7-4(8(18)14-10)12-2-15(7)9-6(17)5(16)3(27-9)1-26-31(22,23)29-32(24,25)28-30(19,20)21;/h2-3,5-6,9,17H,1H2,(H,22,23)(H,24,25)(H2,19,20,21)(H3,11,13,14,18);/q-1;+1/t3-,5-,6-,9-;/m1./s1. The maximum absolute atomic E-state index is 12.3. The number of aromatic nitrogens is 4. The average Bonchev–Trinajstić information content (AvgIpc) is 3.12. The Labute approximate surface area is 204 Å². The summed E-state index contributed by atoms with van der Waals surface area (Å²) in [5, 5.41) is 22.5. The minimum absolute atomic E-state index is 0. The van der Waals surface area contributed by atoms with Crippen molar-refractivity contribution in [3.63, 3.8) is 0 Å². The number of H-pyrrole nitrogens is 1. The molecule has 180 valence electrons. The number of anilines is 1. The Kier molecular flexibility index (Phi) is 8.86. The first kappa shape index (κ1) is 28.7. The van der Waals surface area contributed by atoms with E-state index in [4.69, 9.17) is 25.2 Å². The molecule has 2 unspecified atom stereocenters. The molecule has 1 fully saturated rings. The second kappa shape index (κ2) is 10.2. The van der Waals surface area contributed by atoms with E-state index in [-0.39, 0.29) is 46.7 Å². The Bertz CT molecular complexity index is 1210. The molecule has 3 heterocycles. The fourth-order valence-electron chi connectivity index (χ4n) is 2.68. The van der Waals surface area contributed by atoms with Crippen LogP contribution in [0.3, 0.4) is 0 Å². The summed E-state index contributed by atoms with van der Waals surface area (Å²) in [6, 6.07) is 0. The van der Waals surface area contributed by atoms with Crippen molar-refractivity contribution in [2.45, 2.75) is 24.5 Å². The third kappa shape index (κ3) is 6.99. The van der Waals surface area contributed by atoms with E-state index in [1.54, 1.807) is 0 Å². The zero-order valence-corrected chi connectivity index (χ0v) is 20.9. The molecule has 2 aromatic heterocycles. The summed E-state index contributed by atoms with van der Waals surface area (Å²) in [6.07, 6.45) is -5.90. The molecule has 0 amide bonds. The van der Waals surface area contributed by atoms with Crippen LogP contribution in [0.25, 0.3) is 11.2 Å². The van der Waals surface area contributed by atoms with Crippen LogP contribution < -0.4 is 46.0 Å². The summed E-state index contributed by atoms with van der Waals surface area (Å²) in [5.41, 5.74) is 4.42. The van der Waals surface area contributed by atoms with Gasteiger partial charge < -0.3 is 40.3 Å². The predicted octanol–water partition coefficient (Wildman–Crippen LogP) is -5.96. The Morgan fingerprint density at radius 2 is 1.85 bits per heavy atom. The number of imidazole rings is 1. The van der Waals surface area contributed by atoms with Crippen LogP contribution >= 0.6 is 23.5 Å². The number of phosphoric ester groups is 1. The molecule has 3 rings (SSSR count). The zero-order valence-electron chi connectivity index (χ0n) is 16.3. The normalized spacial score (nSPS) is 27.1. The number of fused-ring (bicyclic) bond motifs is 1. The first-order chi connectivity index (χ1) is 14.6. The molecular weight excluding hydrogens is 530 g/mol. The molecule has 8 N–H and O–H groups in total. The van der Waals surface area contributed by atoms with Gasteiger partial charge in [-0.2, -0.15) is 13.6 Å². The first-order valence-electron chi connectivity index (χ1n) is 8.08. The number of ether oxygens (including phenoxy) is 1. The van der Waals surface area contributed by atoms with E-state index in [0.717, 1.165) is 10.9 Å². The van der Waals surface area contributed by atoms with Gasteiger partial charge in [-0.25, -0.2) is 18.7 Å². The number of aliphatic hydroxyl groups excluding tert-OH is 1. The van der Waals surface area contributed by atoms with Gasteiger partial charge in [-0.05, 0) is 0 Å². The maximum atomic E-state index is 12.3. The van der Waals surface area contributed by atoms with Crippen molar-refractivity contribution in [1.82, 2.24) is 19.5 Å². The van der Waals surface area contributed by atoms with E-state index in [2.05, 4.69) is 28.1 Å². The third-order valence-electron chi connectivity index (χ3n) is 3.85. The molecule has 1 aliphatic heterocycles. The maximum Gasteiger partial charge on any atom is 1.00 e. The number of nitrogens with one attached hydrogen (secondary N) is 1. The quantitative estimate of drug-likeness (QED) is 0.120. The van der Waals surface area contributed by atoms with E-state index in [0.29, 0.717) is 0 Å². The summed E-state index contributed by atoms with van der Waals surface area (Å²) in [6.45, 7) is -1.08. The van der Waals surface area contributed by atoms with E-state index < -0.39 is 60.2 Å². The molecule has 1 aliphatic rings. The largest absolute Gasteiger partial charge is 1.00 e. The van der Waals surface area contributed by atoms with Crippen molar-refractivity contribution in [3.05, 3.63) is 16.7 Å². The van der Waals surface area contributed by atoms with Gasteiger partial charge >= 0.3 is 53.0 Å². The van der Waals surface area contributed by atoms with Gasteiger partial charge in [0.25, 0.3) is 5.56 Å². The van der Waals surface area contributed by atoms with Gasteiger partial charge in [0.05, 0.1) is 25.1 Å². The van der Waals surface area contributed by atoms with Crippen LogP contribution in [0, 0.1) is 0 Å². The van der Waals surface area contributed by atoms with Gasteiger partial charge in [0.2, 0.25) is 5.95 Å². The van der Waals surface area contributed by atoms with Gasteiger partial charge in [-0.1, -0.05) is 6.10 Å². The van der Waals surface area contributed by atoms with Crippen LogP contribution in [0.15, 0.2) is 11.1 Å². The Balaban J connectivity index is 0.00000385. The number of nitrogen functional groups attached to an aromatic ring is 1. The van der Waals surface area contributed by atoms with Crippen molar-refractivity contribution in [1.29, 1.82) is 0 Å². The fourth-order valence-corrected chi connectivity index (χ4v) is 5.71. The van der Waals surface area contributed by atoms with Crippen LogP contribution in [-0.4, -0.2) is 69.1 Å². The topological polar surface area (TPSA) is 302 Å². The SMILES string of the molecule is Nc1nc2c(ncn2[C@@H]2O[C@H](COP(=O)(O)OP(=O)(O)OP(=O)(O)O)[C@@H]([O-])[C@H]2O)c(=O)[nH]1.[Na+]. The Hall–Kier alpha value is -0.560. The van der Waals surface area contributed by atoms with E-state index in [1.165, 1.54) is 0 Å². The second-order valence-electron chi connectivity index (χ2n) is 6.18. The van der Waals surface area contributed by atoms with Gasteiger partial charge in [0, 0.05) is 0 Å². The number of hydrogen-bond donors (Lipinski definition) is 7. The molecule has 0 aromatic carbocycles. The molecule has 19 nitrogen and oxygen atoms in total. The monoisotopic (exact) mass is 545 g/mol. The van der Waals surface area contributed by atoms with E-state index >= 15 is 0 Å². The van der Waals surface area contributed by atoms with Crippen molar-refractivity contribution < 1.29 is 90.9 Å². The number of aromatic amines is 1. The van der Waals surface area contributed by atoms with E-state index in [9.17, 15) is 33.6 Å². The van der Waals surface area contributed by atoms with Gasteiger partial charge in [0.1, 0.15) is 0 Å². The van der Waals surface area contributed by atoms with Crippen LogP contribution in [-0.2, 0) is 31.6 Å². The summed E-state index contributed by atoms with van der Waals surface area (Å²) in [4.78, 5) is 57.2. The smallest absolute Gasteiger partial charge is 0.848 e. The van der Waals surface area contributed by atoms with Crippen LogP contribution in [0.5, 0.6) is 0 Å². The summed E-state index contributed by atoms with van der Waals surface area (Å²) in [7, 11) is -16.8. The zero-order chi connectivity index (χ0) is 24.1. The van der Waals surface area contributed by atoms with Gasteiger partial charge in [0.15, 0.2) is 17.4 Å². The van der Waals surface area contributed by atoms with Crippen LogP contribution in [0.4, 0.5) is 5.95 Å². The molecule has 0 saturated carbocycles. The number of nitrogens with zero attached hydrogens (tertiary/aromatic N) is 3. The number of phosphoric acid groups is 3. The number of hydrogen-bond acceptors (Lipinski definition) is 13. The molecule has 0 bridgehead atoms. The van der Waals surface area contributed by atoms with Crippen molar-refractivity contribution >= 4 is 40.6 Å². The summed E-state index contributed by atoms with van der Waals surface area (Å²) in [5.74, 6) is -0.292. The predicted molar refractivity (Wildman–Crippen MR) is 96.1 cm³/mol. The number of rotatable bonds is 8. The first-order valence-corrected chi connectivity index (χ1v) is 12.6. The molecule has 0 radical (unpaired) electrons. The van der Waals surface area contributed by atoms with Gasteiger partial charge in [-0.15, -0.1) is 0 Å². The third-order valence-corrected chi connectivity index (χ3v) is 7.65. The molecule has 33 heavy (non-hydrogen) atoms. The molecular formula is C10H15N5NaO14P3. The second-order valence-corrected chi connectivity index (χ2v) is 10.6. The molecule has 1 saturated heterocycles. The van der Waals surface area contributed by atoms with Crippen molar-refractivity contribution in [2.24, 2.45) is 0 Å². The van der Waals surface area contributed by atoms with Gasteiger partial charge in [-0.3, -0.25) is 18.9 Å².